The number of nitrogens with zero attached hydrogens (tertiary/aromatic N) is 4. The van der Waals surface area contributed by atoms with Gasteiger partial charge in [0.2, 0.25) is 5.82 Å². The van der Waals surface area contributed by atoms with Crippen LogP contribution in [0.5, 0.6) is 0 Å². The SMILES string of the molecule is [c]1nc(-c2cnccn2)no1. The van der Waals surface area contributed by atoms with Gasteiger partial charge in [-0.05, 0) is 0 Å². The van der Waals surface area contributed by atoms with Crippen molar-refractivity contribution in [2.75, 3.05) is 0 Å². The summed E-state index contributed by atoms with van der Waals surface area (Å²) in [5, 5.41) is 3.54. The highest BCUT2D eigenvalue weighted by Crippen LogP contribution is 2.06. The lowest BCUT2D eigenvalue weighted by Gasteiger charge is -1.87. The van der Waals surface area contributed by atoms with Crippen LogP contribution >= 0.6 is 0 Å². The van der Waals surface area contributed by atoms with Crippen molar-refractivity contribution in [1.29, 1.82) is 0 Å². The van der Waals surface area contributed by atoms with Gasteiger partial charge in [-0.1, -0.05) is 5.16 Å². The summed E-state index contributed by atoms with van der Waals surface area (Å²) in [4.78, 5) is 11.5. The molecule has 5 heteroatoms. The summed E-state index contributed by atoms with van der Waals surface area (Å²) in [6.45, 7) is 0. The third-order valence-corrected chi connectivity index (χ3v) is 1.12. The average molecular weight is 147 g/mol. The van der Waals surface area contributed by atoms with Gasteiger partial charge < -0.3 is 4.52 Å². The fraction of sp³-hybridized carbons (Fsp3) is 0. The van der Waals surface area contributed by atoms with E-state index in [2.05, 4.69) is 31.0 Å². The maximum absolute atomic E-state index is 4.42. The Bertz CT molecular complexity index is 318. The molecule has 0 atom stereocenters. The van der Waals surface area contributed by atoms with Crippen LogP contribution in [0.4, 0.5) is 0 Å². The molecule has 2 aromatic rings. The van der Waals surface area contributed by atoms with Gasteiger partial charge in [-0.2, -0.15) is 4.98 Å². The molecule has 53 valence electrons. The summed E-state index contributed by atoms with van der Waals surface area (Å²) in [6.07, 6.45) is 6.92. The van der Waals surface area contributed by atoms with E-state index in [4.69, 9.17) is 0 Å². The smallest absolute Gasteiger partial charge is 0.316 e. The van der Waals surface area contributed by atoms with E-state index in [0.29, 0.717) is 11.5 Å². The van der Waals surface area contributed by atoms with Crippen molar-refractivity contribution in [3.8, 4) is 11.5 Å². The number of hydrogen-bond acceptors (Lipinski definition) is 5. The first-order valence-electron chi connectivity index (χ1n) is 2.93. The van der Waals surface area contributed by atoms with Crippen LogP contribution in [0.3, 0.4) is 0 Å². The molecule has 0 saturated carbocycles. The van der Waals surface area contributed by atoms with Crippen LogP contribution in [-0.4, -0.2) is 20.1 Å². The lowest BCUT2D eigenvalue weighted by Crippen LogP contribution is -1.85. The highest BCUT2D eigenvalue weighted by molar-refractivity contribution is 5.44. The van der Waals surface area contributed by atoms with Gasteiger partial charge in [-0.3, -0.25) is 4.98 Å². The highest BCUT2D eigenvalue weighted by atomic mass is 16.5. The standard InChI is InChI=1S/C6H3N4O/c1-2-8-5(3-7-1)6-9-4-11-10-6/h1-3H. The first kappa shape index (κ1) is 5.96. The molecule has 11 heavy (non-hydrogen) atoms. The zero-order valence-corrected chi connectivity index (χ0v) is 5.43. The molecular formula is C6H3N4O. The quantitative estimate of drug-likeness (QED) is 0.581. The molecule has 0 aliphatic rings. The minimum Gasteiger partial charge on any atom is -0.328 e. The molecule has 0 aliphatic heterocycles. The summed E-state index contributed by atoms with van der Waals surface area (Å²) in [6, 6.07) is 0. The van der Waals surface area contributed by atoms with Gasteiger partial charge in [0.15, 0.2) is 0 Å². The molecule has 0 aliphatic carbocycles. The molecule has 0 bridgehead atoms. The Morgan fingerprint density at radius 1 is 1.36 bits per heavy atom. The van der Waals surface area contributed by atoms with Crippen LogP contribution < -0.4 is 0 Å². The van der Waals surface area contributed by atoms with Crippen molar-refractivity contribution in [2.45, 2.75) is 0 Å². The Morgan fingerprint density at radius 2 is 2.36 bits per heavy atom. The fourth-order valence-corrected chi connectivity index (χ4v) is 0.666. The molecule has 5 nitrogen and oxygen atoms in total. The Hall–Kier alpha value is -1.78. The first-order valence-corrected chi connectivity index (χ1v) is 2.93. The van der Waals surface area contributed by atoms with Crippen LogP contribution in [0.25, 0.3) is 11.5 Å². The summed E-state index contributed by atoms with van der Waals surface area (Å²) in [5.74, 6) is 0.401. The van der Waals surface area contributed by atoms with Crippen LogP contribution in [0.15, 0.2) is 23.1 Å². The molecule has 2 aromatic heterocycles. The van der Waals surface area contributed by atoms with Crippen LogP contribution in [0, 0.1) is 6.39 Å². The van der Waals surface area contributed by atoms with E-state index in [9.17, 15) is 0 Å². The van der Waals surface area contributed by atoms with Crippen molar-refractivity contribution in [3.63, 3.8) is 0 Å². The van der Waals surface area contributed by atoms with Crippen molar-refractivity contribution in [3.05, 3.63) is 25.0 Å². The maximum atomic E-state index is 4.42. The number of rotatable bonds is 1. The molecule has 0 N–H and O–H groups in total. The second-order valence-corrected chi connectivity index (χ2v) is 1.80. The molecule has 2 rings (SSSR count). The highest BCUT2D eigenvalue weighted by Gasteiger charge is 2.02. The Labute approximate surface area is 62.1 Å². The van der Waals surface area contributed by atoms with E-state index >= 15 is 0 Å². The van der Waals surface area contributed by atoms with E-state index in [-0.39, 0.29) is 0 Å². The van der Waals surface area contributed by atoms with Gasteiger partial charge in [-0.15, -0.1) is 0 Å². The largest absolute Gasteiger partial charge is 0.328 e. The summed E-state index contributed by atoms with van der Waals surface area (Å²) in [7, 11) is 0. The molecule has 1 radical (unpaired) electrons. The van der Waals surface area contributed by atoms with Gasteiger partial charge in [0, 0.05) is 12.4 Å². The van der Waals surface area contributed by atoms with Crippen LogP contribution in [0.2, 0.25) is 0 Å². The summed E-state index contributed by atoms with van der Waals surface area (Å²) in [5.41, 5.74) is 0.581. The average Bonchev–Trinajstić information content (AvgIpc) is 2.58. The summed E-state index contributed by atoms with van der Waals surface area (Å²) < 4.78 is 4.42. The molecule has 2 heterocycles. The second-order valence-electron chi connectivity index (χ2n) is 1.80. The van der Waals surface area contributed by atoms with Gasteiger partial charge in [0.25, 0.3) is 0 Å². The molecule has 0 aromatic carbocycles. The molecule has 0 fully saturated rings. The molecule has 0 unspecified atom stereocenters. The third kappa shape index (κ3) is 1.07. The number of hydrogen-bond donors (Lipinski definition) is 0. The van der Waals surface area contributed by atoms with Crippen molar-refractivity contribution in [2.24, 2.45) is 0 Å². The normalized spacial score (nSPS) is 9.82. The molecular weight excluding hydrogens is 144 g/mol. The predicted octanol–water partition coefficient (Wildman–Crippen LogP) is 0.327. The lowest BCUT2D eigenvalue weighted by molar-refractivity contribution is 0.411. The van der Waals surface area contributed by atoms with E-state index in [1.165, 1.54) is 0 Å². The zero-order valence-electron chi connectivity index (χ0n) is 5.43. The third-order valence-electron chi connectivity index (χ3n) is 1.12. The Kier molecular flexibility index (Phi) is 1.33. The molecule has 0 spiro atoms. The second kappa shape index (κ2) is 2.45. The summed E-state index contributed by atoms with van der Waals surface area (Å²) >= 11 is 0. The van der Waals surface area contributed by atoms with Gasteiger partial charge in [0.1, 0.15) is 5.69 Å². The Balaban J connectivity index is 2.46. The van der Waals surface area contributed by atoms with E-state index in [0.717, 1.165) is 0 Å². The fourth-order valence-electron chi connectivity index (χ4n) is 0.666. The van der Waals surface area contributed by atoms with E-state index in [1.807, 2.05) is 0 Å². The minimum atomic E-state index is 0.401. The molecule has 0 saturated heterocycles. The first-order chi connectivity index (χ1) is 5.47. The maximum Gasteiger partial charge on any atom is 0.316 e. The van der Waals surface area contributed by atoms with Crippen LogP contribution in [-0.2, 0) is 0 Å². The topological polar surface area (TPSA) is 64.7 Å². The van der Waals surface area contributed by atoms with Gasteiger partial charge in [0.05, 0.1) is 6.20 Å². The van der Waals surface area contributed by atoms with Crippen molar-refractivity contribution in [1.82, 2.24) is 20.1 Å². The van der Waals surface area contributed by atoms with Gasteiger partial charge in [-0.25, -0.2) is 4.98 Å². The predicted molar refractivity (Wildman–Crippen MR) is 34.2 cm³/mol. The molecule has 0 amide bonds. The lowest BCUT2D eigenvalue weighted by atomic mass is 10.4. The van der Waals surface area contributed by atoms with E-state index < -0.39 is 0 Å². The van der Waals surface area contributed by atoms with Crippen molar-refractivity contribution < 1.29 is 4.52 Å². The van der Waals surface area contributed by atoms with Crippen molar-refractivity contribution >= 4 is 0 Å². The number of aromatic nitrogens is 4. The minimum absolute atomic E-state index is 0.401. The Morgan fingerprint density at radius 3 is 3.00 bits per heavy atom. The van der Waals surface area contributed by atoms with Crippen LogP contribution in [0.1, 0.15) is 0 Å². The van der Waals surface area contributed by atoms with E-state index in [1.54, 1.807) is 18.6 Å². The monoisotopic (exact) mass is 147 g/mol. The van der Waals surface area contributed by atoms with Gasteiger partial charge >= 0.3 is 6.39 Å². The zero-order chi connectivity index (χ0) is 7.52.